The van der Waals surface area contributed by atoms with E-state index in [2.05, 4.69) is 0 Å². The van der Waals surface area contributed by atoms with Crippen LogP contribution in [0.4, 0.5) is 4.79 Å². The van der Waals surface area contributed by atoms with Crippen molar-refractivity contribution in [3.63, 3.8) is 0 Å². The first-order chi connectivity index (χ1) is 11.8. The van der Waals surface area contributed by atoms with E-state index in [0.29, 0.717) is 12.0 Å². The van der Waals surface area contributed by atoms with Crippen LogP contribution >= 0.6 is 56.9 Å². The Balaban J connectivity index is 1.86. The lowest BCUT2D eigenvalue weighted by Gasteiger charge is -2.12. The molecule has 1 fully saturated rings. The van der Waals surface area contributed by atoms with Crippen molar-refractivity contribution in [3.8, 4) is 5.75 Å². The van der Waals surface area contributed by atoms with Gasteiger partial charge in [-0.05, 0) is 93.2 Å². The summed E-state index contributed by atoms with van der Waals surface area (Å²) in [6, 6.07) is 11.3. The number of hydrogen-bond donors (Lipinski definition) is 1. The Morgan fingerprint density at radius 1 is 1.16 bits per heavy atom. The first kappa shape index (κ1) is 18.7. The van der Waals surface area contributed by atoms with Gasteiger partial charge in [0.2, 0.25) is 0 Å². The number of amides is 2. The van der Waals surface area contributed by atoms with Crippen LogP contribution in [0.1, 0.15) is 16.7 Å². The lowest BCUT2D eigenvalue weighted by atomic mass is 10.1. The average molecular weight is 577 g/mol. The SMILES string of the molecule is Cc1cccc(CN2C(=O)S/C(=C/c3cc(I)c(O)c(I)c3)C2=O)c1. The average Bonchev–Trinajstić information content (AvgIpc) is 2.80. The van der Waals surface area contributed by atoms with Gasteiger partial charge >= 0.3 is 0 Å². The Kier molecular flexibility index (Phi) is 5.74. The van der Waals surface area contributed by atoms with E-state index in [4.69, 9.17) is 0 Å². The van der Waals surface area contributed by atoms with Crippen LogP contribution in [-0.4, -0.2) is 21.2 Å². The zero-order valence-corrected chi connectivity index (χ0v) is 18.3. The Labute approximate surface area is 177 Å². The maximum absolute atomic E-state index is 12.6. The maximum atomic E-state index is 12.6. The minimum atomic E-state index is -0.283. The van der Waals surface area contributed by atoms with Crippen molar-refractivity contribution in [3.05, 3.63) is 65.1 Å². The van der Waals surface area contributed by atoms with E-state index < -0.39 is 0 Å². The predicted octanol–water partition coefficient (Wildman–Crippen LogP) is 5.15. The summed E-state index contributed by atoms with van der Waals surface area (Å²) < 4.78 is 1.41. The molecule has 2 aromatic carbocycles. The van der Waals surface area contributed by atoms with Gasteiger partial charge in [-0.15, -0.1) is 0 Å². The molecule has 7 heteroatoms. The number of carbonyl (C=O) groups excluding carboxylic acids is 2. The fraction of sp³-hybridized carbons (Fsp3) is 0.111. The molecular weight excluding hydrogens is 564 g/mol. The summed E-state index contributed by atoms with van der Waals surface area (Å²) in [7, 11) is 0. The van der Waals surface area contributed by atoms with Crippen molar-refractivity contribution in [1.29, 1.82) is 0 Å². The van der Waals surface area contributed by atoms with Gasteiger partial charge in [-0.2, -0.15) is 0 Å². The zero-order valence-electron chi connectivity index (χ0n) is 13.1. The molecule has 1 N–H and O–H groups in total. The second kappa shape index (κ2) is 7.67. The predicted molar refractivity (Wildman–Crippen MR) is 116 cm³/mol. The Morgan fingerprint density at radius 2 is 1.84 bits per heavy atom. The van der Waals surface area contributed by atoms with E-state index in [-0.39, 0.29) is 23.4 Å². The van der Waals surface area contributed by atoms with E-state index >= 15 is 0 Å². The molecule has 0 spiro atoms. The number of carbonyl (C=O) groups is 2. The van der Waals surface area contributed by atoms with E-state index in [1.807, 2.05) is 76.4 Å². The van der Waals surface area contributed by atoms with Crippen molar-refractivity contribution >= 4 is 74.2 Å². The summed E-state index contributed by atoms with van der Waals surface area (Å²) in [5.41, 5.74) is 2.80. The molecule has 1 saturated heterocycles. The summed E-state index contributed by atoms with van der Waals surface area (Å²) in [4.78, 5) is 26.5. The van der Waals surface area contributed by atoms with Crippen LogP contribution in [0.25, 0.3) is 6.08 Å². The molecule has 1 aliphatic rings. The number of nitrogens with zero attached hydrogens (tertiary/aromatic N) is 1. The number of phenols is 1. The second-order valence-electron chi connectivity index (χ2n) is 5.59. The molecule has 0 radical (unpaired) electrons. The molecule has 1 aliphatic heterocycles. The normalized spacial score (nSPS) is 16.1. The fourth-order valence-corrected chi connectivity index (χ4v) is 5.10. The first-order valence-electron chi connectivity index (χ1n) is 7.34. The number of phenolic OH excluding ortho intramolecular Hbond substituents is 1. The summed E-state index contributed by atoms with van der Waals surface area (Å²) in [5, 5.41) is 9.58. The third kappa shape index (κ3) is 4.20. The van der Waals surface area contributed by atoms with Crippen LogP contribution in [0, 0.1) is 14.1 Å². The Bertz CT molecular complexity index is 888. The van der Waals surface area contributed by atoms with Gasteiger partial charge in [0.25, 0.3) is 11.1 Å². The van der Waals surface area contributed by atoms with Crippen LogP contribution in [0.5, 0.6) is 5.75 Å². The number of imide groups is 1. The molecular formula is C18H13I2NO3S. The summed E-state index contributed by atoms with van der Waals surface area (Å²) in [6.07, 6.45) is 1.70. The molecule has 0 bridgehead atoms. The molecule has 0 aliphatic carbocycles. The van der Waals surface area contributed by atoms with Crippen LogP contribution in [0.15, 0.2) is 41.3 Å². The van der Waals surface area contributed by atoms with Crippen molar-refractivity contribution in [1.82, 2.24) is 4.90 Å². The molecule has 0 saturated carbocycles. The van der Waals surface area contributed by atoms with Crippen LogP contribution < -0.4 is 0 Å². The van der Waals surface area contributed by atoms with Crippen molar-refractivity contribution in [2.24, 2.45) is 0 Å². The smallest absolute Gasteiger partial charge is 0.293 e. The third-order valence-electron chi connectivity index (χ3n) is 3.63. The maximum Gasteiger partial charge on any atom is 0.293 e. The third-order valence-corrected chi connectivity index (χ3v) is 6.19. The second-order valence-corrected chi connectivity index (χ2v) is 8.91. The molecule has 25 heavy (non-hydrogen) atoms. The first-order valence-corrected chi connectivity index (χ1v) is 10.3. The molecule has 0 unspecified atom stereocenters. The Morgan fingerprint density at radius 3 is 2.48 bits per heavy atom. The quantitative estimate of drug-likeness (QED) is 0.406. The van der Waals surface area contributed by atoms with Crippen molar-refractivity contribution in [2.75, 3.05) is 0 Å². The lowest BCUT2D eigenvalue weighted by molar-refractivity contribution is -0.123. The van der Waals surface area contributed by atoms with E-state index in [9.17, 15) is 14.7 Å². The monoisotopic (exact) mass is 577 g/mol. The van der Waals surface area contributed by atoms with Gasteiger partial charge in [0, 0.05) is 0 Å². The Hall–Kier alpha value is -1.07. The number of thioether (sulfide) groups is 1. The highest BCUT2D eigenvalue weighted by Crippen LogP contribution is 2.35. The number of aromatic hydroxyl groups is 1. The number of aryl methyl sites for hydroxylation is 1. The van der Waals surface area contributed by atoms with Gasteiger partial charge in [0.1, 0.15) is 5.75 Å². The summed E-state index contributed by atoms with van der Waals surface area (Å²) >= 11 is 5.03. The molecule has 0 atom stereocenters. The lowest BCUT2D eigenvalue weighted by Crippen LogP contribution is -2.27. The molecule has 4 nitrogen and oxygen atoms in total. The molecule has 2 amide bonds. The van der Waals surface area contributed by atoms with Gasteiger partial charge < -0.3 is 5.11 Å². The highest BCUT2D eigenvalue weighted by molar-refractivity contribution is 14.1. The minimum Gasteiger partial charge on any atom is -0.506 e. The van der Waals surface area contributed by atoms with E-state index in [0.717, 1.165) is 28.5 Å². The zero-order chi connectivity index (χ0) is 18.1. The number of rotatable bonds is 3. The molecule has 128 valence electrons. The van der Waals surface area contributed by atoms with Gasteiger partial charge in [0.05, 0.1) is 18.6 Å². The summed E-state index contributed by atoms with van der Waals surface area (Å²) in [5.74, 6) is -0.0551. The molecule has 3 rings (SSSR count). The highest BCUT2D eigenvalue weighted by atomic mass is 127. The molecule has 2 aromatic rings. The van der Waals surface area contributed by atoms with Crippen LogP contribution in [0.3, 0.4) is 0 Å². The number of benzene rings is 2. The van der Waals surface area contributed by atoms with Gasteiger partial charge in [-0.3, -0.25) is 14.5 Å². The van der Waals surface area contributed by atoms with E-state index in [1.165, 1.54) is 4.90 Å². The highest BCUT2D eigenvalue weighted by Gasteiger charge is 2.35. The number of hydrogen-bond acceptors (Lipinski definition) is 4. The molecule has 0 aromatic heterocycles. The fourth-order valence-electron chi connectivity index (χ4n) is 2.45. The van der Waals surface area contributed by atoms with Crippen LogP contribution in [-0.2, 0) is 11.3 Å². The topological polar surface area (TPSA) is 57.6 Å². The van der Waals surface area contributed by atoms with Crippen molar-refractivity contribution < 1.29 is 14.7 Å². The van der Waals surface area contributed by atoms with E-state index in [1.54, 1.807) is 18.2 Å². The van der Waals surface area contributed by atoms with Gasteiger partial charge in [-0.1, -0.05) is 29.8 Å². The van der Waals surface area contributed by atoms with Crippen molar-refractivity contribution in [2.45, 2.75) is 13.5 Å². The minimum absolute atomic E-state index is 0.228. The largest absolute Gasteiger partial charge is 0.506 e. The number of halogens is 2. The van der Waals surface area contributed by atoms with Gasteiger partial charge in [0.15, 0.2) is 0 Å². The van der Waals surface area contributed by atoms with Crippen LogP contribution in [0.2, 0.25) is 0 Å². The summed E-state index contributed by atoms with van der Waals surface area (Å²) in [6.45, 7) is 2.25. The standard InChI is InChI=1S/C18H13I2NO3S/c1-10-3-2-4-11(5-10)9-21-17(23)15(25-18(21)24)8-12-6-13(19)16(22)14(20)7-12/h2-8,22H,9H2,1H3/b15-8+. The van der Waals surface area contributed by atoms with Gasteiger partial charge in [-0.25, -0.2) is 0 Å². The molecule has 1 heterocycles.